The second-order valence-electron chi connectivity index (χ2n) is 3.86. The van der Waals surface area contributed by atoms with Crippen LogP contribution in [0.25, 0.3) is 0 Å². The number of piperazine rings is 1. The van der Waals surface area contributed by atoms with E-state index in [9.17, 15) is 0 Å². The Bertz CT molecular complexity index is 175. The molecule has 0 spiro atoms. The van der Waals surface area contributed by atoms with Crippen LogP contribution in [0.15, 0.2) is 0 Å². The summed E-state index contributed by atoms with van der Waals surface area (Å²) in [4.78, 5) is 2.49. The van der Waals surface area contributed by atoms with Gasteiger partial charge in [0.25, 0.3) is 0 Å². The van der Waals surface area contributed by atoms with Crippen molar-refractivity contribution in [2.24, 2.45) is 0 Å². The molecule has 13 heavy (non-hydrogen) atoms. The van der Waals surface area contributed by atoms with Crippen LogP contribution in [-0.2, 0) is 0 Å². The first-order chi connectivity index (χ1) is 6.25. The van der Waals surface area contributed by atoms with Gasteiger partial charge < -0.3 is 5.32 Å². The van der Waals surface area contributed by atoms with E-state index in [1.54, 1.807) is 0 Å². The molecular weight excluding hydrogens is 162 g/mol. The maximum Gasteiger partial charge on any atom is 0.0622 e. The highest BCUT2D eigenvalue weighted by atomic mass is 15.2. The van der Waals surface area contributed by atoms with Crippen molar-refractivity contribution in [1.29, 1.82) is 5.26 Å². The number of nitriles is 1. The molecule has 0 amide bonds. The van der Waals surface area contributed by atoms with E-state index >= 15 is 0 Å². The summed E-state index contributed by atoms with van der Waals surface area (Å²) in [5.74, 6) is 0. The average molecular weight is 181 g/mol. The largest absolute Gasteiger partial charge is 0.314 e. The fourth-order valence-electron chi connectivity index (χ4n) is 1.95. The summed E-state index contributed by atoms with van der Waals surface area (Å²) in [5.41, 5.74) is 0. The monoisotopic (exact) mass is 181 g/mol. The lowest BCUT2D eigenvalue weighted by Crippen LogP contribution is -2.55. The molecule has 1 N–H and O–H groups in total. The summed E-state index contributed by atoms with van der Waals surface area (Å²) in [6, 6.07) is 3.42. The van der Waals surface area contributed by atoms with Gasteiger partial charge in [0.2, 0.25) is 0 Å². The Hall–Kier alpha value is -0.590. The van der Waals surface area contributed by atoms with Gasteiger partial charge in [0, 0.05) is 31.6 Å². The summed E-state index contributed by atoms with van der Waals surface area (Å²) in [6.07, 6.45) is 1.69. The van der Waals surface area contributed by atoms with Gasteiger partial charge in [-0.05, 0) is 26.8 Å². The topological polar surface area (TPSA) is 39.1 Å². The normalized spacial score (nSPS) is 29.9. The van der Waals surface area contributed by atoms with Crippen LogP contribution in [0.5, 0.6) is 0 Å². The molecule has 0 radical (unpaired) electrons. The van der Waals surface area contributed by atoms with E-state index < -0.39 is 0 Å². The van der Waals surface area contributed by atoms with E-state index in [0.29, 0.717) is 18.5 Å². The van der Waals surface area contributed by atoms with Crippen molar-refractivity contribution in [1.82, 2.24) is 10.2 Å². The zero-order valence-corrected chi connectivity index (χ0v) is 8.58. The Balaban J connectivity index is 2.31. The van der Waals surface area contributed by atoms with Gasteiger partial charge in [0.1, 0.15) is 0 Å². The van der Waals surface area contributed by atoms with Gasteiger partial charge in [-0.15, -0.1) is 0 Å². The smallest absolute Gasteiger partial charge is 0.0622 e. The van der Waals surface area contributed by atoms with E-state index in [4.69, 9.17) is 5.26 Å². The van der Waals surface area contributed by atoms with E-state index in [1.807, 2.05) is 0 Å². The second-order valence-corrected chi connectivity index (χ2v) is 3.86. The van der Waals surface area contributed by atoms with Crippen LogP contribution in [0.1, 0.15) is 26.7 Å². The van der Waals surface area contributed by atoms with Crippen LogP contribution in [0, 0.1) is 11.3 Å². The molecule has 3 nitrogen and oxygen atoms in total. The van der Waals surface area contributed by atoms with Gasteiger partial charge in [-0.2, -0.15) is 5.26 Å². The van der Waals surface area contributed by atoms with Crippen LogP contribution in [0.2, 0.25) is 0 Å². The molecule has 1 aliphatic rings. The molecule has 1 aliphatic heterocycles. The zero-order chi connectivity index (χ0) is 9.68. The number of unbranched alkanes of at least 4 members (excludes halogenated alkanes) is 1. The Morgan fingerprint density at radius 3 is 2.54 bits per heavy atom. The quantitative estimate of drug-likeness (QED) is 0.659. The van der Waals surface area contributed by atoms with Crippen LogP contribution >= 0.6 is 0 Å². The molecule has 1 rings (SSSR count). The molecule has 0 bridgehead atoms. The molecule has 2 unspecified atom stereocenters. The molecule has 0 aliphatic carbocycles. The van der Waals surface area contributed by atoms with E-state index in [2.05, 4.69) is 30.1 Å². The average Bonchev–Trinajstić information content (AvgIpc) is 2.10. The molecule has 1 fully saturated rings. The molecule has 1 heterocycles. The maximum atomic E-state index is 8.45. The Morgan fingerprint density at radius 2 is 2.00 bits per heavy atom. The molecule has 74 valence electrons. The molecule has 2 atom stereocenters. The van der Waals surface area contributed by atoms with Crippen molar-refractivity contribution in [2.45, 2.75) is 38.8 Å². The third-order valence-electron chi connectivity index (χ3n) is 2.72. The minimum Gasteiger partial charge on any atom is -0.314 e. The Morgan fingerprint density at radius 1 is 1.38 bits per heavy atom. The van der Waals surface area contributed by atoms with E-state index in [1.165, 1.54) is 0 Å². The summed E-state index contributed by atoms with van der Waals surface area (Å²) < 4.78 is 0. The fraction of sp³-hybridized carbons (Fsp3) is 0.900. The van der Waals surface area contributed by atoms with Crippen molar-refractivity contribution >= 4 is 0 Å². The molecular formula is C10H19N3. The van der Waals surface area contributed by atoms with E-state index in [0.717, 1.165) is 26.1 Å². The maximum absolute atomic E-state index is 8.45. The summed E-state index contributed by atoms with van der Waals surface area (Å²) in [7, 11) is 0. The van der Waals surface area contributed by atoms with Gasteiger partial charge in [-0.25, -0.2) is 0 Å². The first-order valence-corrected chi connectivity index (χ1v) is 5.09. The van der Waals surface area contributed by atoms with Crippen LogP contribution in [-0.4, -0.2) is 36.6 Å². The van der Waals surface area contributed by atoms with Crippen LogP contribution in [0.3, 0.4) is 0 Å². The predicted molar refractivity (Wildman–Crippen MR) is 53.3 cm³/mol. The highest BCUT2D eigenvalue weighted by Gasteiger charge is 2.23. The number of nitrogens with one attached hydrogen (secondary N) is 1. The Labute approximate surface area is 80.7 Å². The first kappa shape index (κ1) is 10.5. The molecule has 3 heteroatoms. The van der Waals surface area contributed by atoms with Crippen molar-refractivity contribution in [3.05, 3.63) is 0 Å². The standard InChI is InChI=1S/C10H19N3/c1-9-7-12-8-10(2)13(9)6-4-3-5-11/h9-10,12H,3-4,6-8H2,1-2H3. The number of hydrogen-bond donors (Lipinski definition) is 1. The predicted octanol–water partition coefficient (Wildman–Crippen LogP) is 0.972. The van der Waals surface area contributed by atoms with Gasteiger partial charge in [-0.1, -0.05) is 0 Å². The molecule has 0 aromatic rings. The fourth-order valence-corrected chi connectivity index (χ4v) is 1.95. The zero-order valence-electron chi connectivity index (χ0n) is 8.58. The summed E-state index contributed by atoms with van der Waals surface area (Å²) in [6.45, 7) is 7.72. The van der Waals surface area contributed by atoms with Gasteiger partial charge in [0.05, 0.1) is 6.07 Å². The lowest BCUT2D eigenvalue weighted by molar-refractivity contribution is 0.116. The molecule has 0 saturated carbocycles. The highest BCUT2D eigenvalue weighted by molar-refractivity contribution is 4.83. The highest BCUT2D eigenvalue weighted by Crippen LogP contribution is 2.10. The third-order valence-corrected chi connectivity index (χ3v) is 2.72. The number of hydrogen-bond acceptors (Lipinski definition) is 3. The SMILES string of the molecule is CC1CNCC(C)N1CCCC#N. The van der Waals surface area contributed by atoms with Crippen molar-refractivity contribution < 1.29 is 0 Å². The van der Waals surface area contributed by atoms with Gasteiger partial charge >= 0.3 is 0 Å². The van der Waals surface area contributed by atoms with Crippen LogP contribution in [0.4, 0.5) is 0 Å². The van der Waals surface area contributed by atoms with Crippen molar-refractivity contribution in [2.75, 3.05) is 19.6 Å². The molecule has 0 aromatic heterocycles. The molecule has 1 saturated heterocycles. The van der Waals surface area contributed by atoms with Gasteiger partial charge in [-0.3, -0.25) is 4.90 Å². The van der Waals surface area contributed by atoms with Crippen LogP contribution < -0.4 is 5.32 Å². The minimum atomic E-state index is 0.613. The van der Waals surface area contributed by atoms with E-state index in [-0.39, 0.29) is 0 Å². The summed E-state index contributed by atoms with van der Waals surface area (Å²) >= 11 is 0. The molecule has 0 aromatic carbocycles. The minimum absolute atomic E-state index is 0.613. The lowest BCUT2D eigenvalue weighted by Gasteiger charge is -2.39. The summed E-state index contributed by atoms with van der Waals surface area (Å²) in [5, 5.41) is 11.8. The lowest BCUT2D eigenvalue weighted by atomic mass is 10.1. The first-order valence-electron chi connectivity index (χ1n) is 5.09. The van der Waals surface area contributed by atoms with Crippen molar-refractivity contribution in [3.8, 4) is 6.07 Å². The number of rotatable bonds is 3. The van der Waals surface area contributed by atoms with Gasteiger partial charge in [0.15, 0.2) is 0 Å². The van der Waals surface area contributed by atoms with Crippen molar-refractivity contribution in [3.63, 3.8) is 0 Å². The Kier molecular flexibility index (Phi) is 4.20. The third kappa shape index (κ3) is 2.98. The number of nitrogens with zero attached hydrogens (tertiary/aromatic N) is 2. The second kappa shape index (κ2) is 5.21.